The van der Waals surface area contributed by atoms with E-state index in [1.165, 1.54) is 5.56 Å². The molecule has 2 heteroatoms. The van der Waals surface area contributed by atoms with Crippen LogP contribution in [0.3, 0.4) is 0 Å². The van der Waals surface area contributed by atoms with E-state index in [1.807, 2.05) is 19.1 Å². The van der Waals surface area contributed by atoms with Crippen molar-refractivity contribution in [3.63, 3.8) is 0 Å². The molecule has 0 aromatic heterocycles. The zero-order chi connectivity index (χ0) is 9.68. The molecular formula is C11H15NO. The molecule has 1 aromatic rings. The molecule has 0 aliphatic heterocycles. The molecule has 1 aromatic carbocycles. The van der Waals surface area contributed by atoms with Crippen LogP contribution in [-0.2, 0) is 6.42 Å². The van der Waals surface area contributed by atoms with Gasteiger partial charge in [0.1, 0.15) is 6.04 Å². The van der Waals surface area contributed by atoms with Crippen LogP contribution >= 0.6 is 0 Å². The van der Waals surface area contributed by atoms with Crippen LogP contribution in [0.1, 0.15) is 37.4 Å². The summed E-state index contributed by atoms with van der Waals surface area (Å²) in [6.45, 7) is 3.96. The van der Waals surface area contributed by atoms with Crippen molar-refractivity contribution >= 4 is 0 Å². The highest BCUT2D eigenvalue weighted by molar-refractivity contribution is 5.24. The van der Waals surface area contributed by atoms with E-state index in [0.29, 0.717) is 0 Å². The Bertz CT molecular complexity index is 266. The molecule has 1 unspecified atom stereocenters. The van der Waals surface area contributed by atoms with Crippen molar-refractivity contribution in [3.8, 4) is 0 Å². The molecule has 0 saturated heterocycles. The molecule has 70 valence electrons. The van der Waals surface area contributed by atoms with Crippen molar-refractivity contribution < 1.29 is 0 Å². The van der Waals surface area contributed by atoms with Crippen molar-refractivity contribution in [2.75, 3.05) is 0 Å². The molecule has 0 radical (unpaired) electrons. The lowest BCUT2D eigenvalue weighted by Crippen LogP contribution is -1.89. The number of aryl methyl sites for hydroxylation is 1. The summed E-state index contributed by atoms with van der Waals surface area (Å²) in [6.07, 6.45) is 2.25. The summed E-state index contributed by atoms with van der Waals surface area (Å²) in [6, 6.07) is 7.88. The van der Waals surface area contributed by atoms with Gasteiger partial charge >= 0.3 is 0 Å². The van der Waals surface area contributed by atoms with E-state index in [1.54, 1.807) is 0 Å². The number of nitroso groups, excluding NO2 is 1. The molecule has 0 bridgehead atoms. The molecule has 0 spiro atoms. The van der Waals surface area contributed by atoms with Crippen LogP contribution in [0.5, 0.6) is 0 Å². The summed E-state index contributed by atoms with van der Waals surface area (Å²) in [5.74, 6) is 0. The highest BCUT2D eigenvalue weighted by Gasteiger charge is 2.03. The molecule has 0 N–H and O–H groups in total. The number of hydrogen-bond donors (Lipinski definition) is 0. The molecule has 0 heterocycles. The van der Waals surface area contributed by atoms with Crippen LogP contribution in [0.4, 0.5) is 0 Å². The Balaban J connectivity index is 2.74. The van der Waals surface area contributed by atoms with Gasteiger partial charge in [-0.25, -0.2) is 0 Å². The van der Waals surface area contributed by atoms with E-state index in [2.05, 4.69) is 24.2 Å². The third-order valence-electron chi connectivity index (χ3n) is 2.16. The first-order chi connectivity index (χ1) is 6.27. The van der Waals surface area contributed by atoms with Gasteiger partial charge in [0.2, 0.25) is 0 Å². The maximum atomic E-state index is 10.3. The molecule has 1 atom stereocenters. The first-order valence-electron chi connectivity index (χ1n) is 4.69. The predicted octanol–water partition coefficient (Wildman–Crippen LogP) is 3.47. The Kier molecular flexibility index (Phi) is 3.62. The van der Waals surface area contributed by atoms with E-state index in [-0.39, 0.29) is 6.04 Å². The van der Waals surface area contributed by atoms with E-state index in [0.717, 1.165) is 18.4 Å². The maximum Gasteiger partial charge on any atom is 0.114 e. The largest absolute Gasteiger partial charge is 0.150 e. The van der Waals surface area contributed by atoms with Gasteiger partial charge in [-0.05, 0) is 24.5 Å². The van der Waals surface area contributed by atoms with Crippen LogP contribution in [0.15, 0.2) is 29.4 Å². The van der Waals surface area contributed by atoms with Crippen LogP contribution in [0.25, 0.3) is 0 Å². The Morgan fingerprint density at radius 3 is 2.38 bits per heavy atom. The Morgan fingerprint density at radius 1 is 1.31 bits per heavy atom. The fraction of sp³-hybridized carbons (Fsp3) is 0.455. The molecule has 0 aliphatic rings. The normalized spacial score (nSPS) is 12.5. The summed E-state index contributed by atoms with van der Waals surface area (Å²) in [4.78, 5) is 10.3. The van der Waals surface area contributed by atoms with Crippen LogP contribution in [0.2, 0.25) is 0 Å². The van der Waals surface area contributed by atoms with Gasteiger partial charge < -0.3 is 0 Å². The predicted molar refractivity (Wildman–Crippen MR) is 54.6 cm³/mol. The van der Waals surface area contributed by atoms with Crippen molar-refractivity contribution in [1.29, 1.82) is 0 Å². The first kappa shape index (κ1) is 9.90. The van der Waals surface area contributed by atoms with Gasteiger partial charge in [0.25, 0.3) is 0 Å². The molecule has 0 fully saturated rings. The Morgan fingerprint density at radius 2 is 1.92 bits per heavy atom. The van der Waals surface area contributed by atoms with Gasteiger partial charge in [0.05, 0.1) is 0 Å². The number of rotatable bonds is 4. The van der Waals surface area contributed by atoms with E-state index in [9.17, 15) is 4.91 Å². The minimum absolute atomic E-state index is 0.226. The van der Waals surface area contributed by atoms with Crippen LogP contribution < -0.4 is 0 Å². The van der Waals surface area contributed by atoms with Gasteiger partial charge in [0, 0.05) is 0 Å². The number of benzene rings is 1. The van der Waals surface area contributed by atoms with Crippen molar-refractivity contribution in [1.82, 2.24) is 0 Å². The number of hydrogen-bond acceptors (Lipinski definition) is 2. The second-order valence-corrected chi connectivity index (χ2v) is 3.27. The van der Waals surface area contributed by atoms with Gasteiger partial charge in [0.15, 0.2) is 0 Å². The minimum atomic E-state index is -0.226. The monoisotopic (exact) mass is 177 g/mol. The van der Waals surface area contributed by atoms with E-state index in [4.69, 9.17) is 0 Å². The first-order valence-corrected chi connectivity index (χ1v) is 4.69. The van der Waals surface area contributed by atoms with Crippen molar-refractivity contribution in [3.05, 3.63) is 40.3 Å². The average Bonchev–Trinajstić information content (AvgIpc) is 2.18. The van der Waals surface area contributed by atoms with Crippen molar-refractivity contribution in [2.24, 2.45) is 5.18 Å². The van der Waals surface area contributed by atoms with E-state index >= 15 is 0 Å². The molecular weight excluding hydrogens is 162 g/mol. The third kappa shape index (κ3) is 2.65. The third-order valence-corrected chi connectivity index (χ3v) is 2.16. The molecule has 0 aliphatic carbocycles. The summed E-state index contributed by atoms with van der Waals surface area (Å²) < 4.78 is 0. The van der Waals surface area contributed by atoms with Crippen molar-refractivity contribution in [2.45, 2.75) is 32.7 Å². The van der Waals surface area contributed by atoms with Gasteiger partial charge in [-0.1, -0.05) is 42.8 Å². The molecule has 13 heavy (non-hydrogen) atoms. The van der Waals surface area contributed by atoms with Gasteiger partial charge in [-0.15, -0.1) is 0 Å². The smallest absolute Gasteiger partial charge is 0.114 e. The topological polar surface area (TPSA) is 29.4 Å². The highest BCUT2D eigenvalue weighted by atomic mass is 16.3. The minimum Gasteiger partial charge on any atom is -0.150 e. The second-order valence-electron chi connectivity index (χ2n) is 3.27. The fourth-order valence-electron chi connectivity index (χ4n) is 1.31. The maximum absolute atomic E-state index is 10.3. The molecule has 0 amide bonds. The average molecular weight is 177 g/mol. The summed E-state index contributed by atoms with van der Waals surface area (Å²) >= 11 is 0. The Labute approximate surface area is 79.0 Å². The lowest BCUT2D eigenvalue weighted by Gasteiger charge is -2.03. The lowest BCUT2D eigenvalue weighted by atomic mass is 10.0. The zero-order valence-corrected chi connectivity index (χ0v) is 8.16. The second kappa shape index (κ2) is 4.75. The number of nitrogens with zero attached hydrogens (tertiary/aromatic N) is 1. The van der Waals surface area contributed by atoms with Gasteiger partial charge in [-0.2, -0.15) is 4.91 Å². The van der Waals surface area contributed by atoms with E-state index < -0.39 is 0 Å². The Hall–Kier alpha value is -1.18. The van der Waals surface area contributed by atoms with Crippen LogP contribution in [-0.4, -0.2) is 0 Å². The molecule has 2 nitrogen and oxygen atoms in total. The molecule has 0 saturated carbocycles. The SMILES string of the molecule is CCCc1ccc(C(C)N=O)cc1. The quantitative estimate of drug-likeness (QED) is 0.647. The fourth-order valence-corrected chi connectivity index (χ4v) is 1.31. The standard InChI is InChI=1S/C11H15NO/c1-3-4-10-5-7-11(8-6-10)9(2)12-13/h5-9H,3-4H2,1-2H3. The zero-order valence-electron chi connectivity index (χ0n) is 8.16. The van der Waals surface area contributed by atoms with Crippen LogP contribution in [0, 0.1) is 4.91 Å². The highest BCUT2D eigenvalue weighted by Crippen LogP contribution is 2.16. The summed E-state index contributed by atoms with van der Waals surface area (Å²) in [7, 11) is 0. The molecule has 1 rings (SSSR count). The summed E-state index contributed by atoms with van der Waals surface area (Å²) in [5, 5.41) is 2.98. The van der Waals surface area contributed by atoms with Gasteiger partial charge in [-0.3, -0.25) is 0 Å². The lowest BCUT2D eigenvalue weighted by molar-refractivity contribution is 0.809. The summed E-state index contributed by atoms with van der Waals surface area (Å²) in [5.41, 5.74) is 2.32.